The Bertz CT molecular complexity index is 1350. The van der Waals surface area contributed by atoms with Gasteiger partial charge in [0.1, 0.15) is 5.75 Å². The molecule has 11 heteroatoms. The lowest BCUT2D eigenvalue weighted by Gasteiger charge is -2.26. The SMILES string of the molecule is COc1ccc(S(=O)(=O)N2CCCCC2)cc1CCC(=O)N1CCc2cc(S(=O)(=O)N(C)C)ccc21. The molecule has 0 aliphatic carbocycles. The maximum absolute atomic E-state index is 13.1. The molecule has 0 radical (unpaired) electrons. The van der Waals surface area contributed by atoms with Crippen LogP contribution in [-0.4, -0.2) is 72.2 Å². The van der Waals surface area contributed by atoms with E-state index in [2.05, 4.69) is 0 Å². The first-order valence-corrected chi connectivity index (χ1v) is 15.0. The second-order valence-corrected chi connectivity index (χ2v) is 13.4. The van der Waals surface area contributed by atoms with Crippen molar-refractivity contribution in [3.63, 3.8) is 0 Å². The van der Waals surface area contributed by atoms with Crippen LogP contribution in [0.15, 0.2) is 46.2 Å². The van der Waals surface area contributed by atoms with E-state index in [1.807, 2.05) is 0 Å². The van der Waals surface area contributed by atoms with Crippen LogP contribution in [0.2, 0.25) is 0 Å². The number of amides is 1. The summed E-state index contributed by atoms with van der Waals surface area (Å²) in [6, 6.07) is 9.67. The molecule has 2 aliphatic rings. The highest BCUT2D eigenvalue weighted by molar-refractivity contribution is 7.89. The third-order valence-electron chi connectivity index (χ3n) is 6.84. The van der Waals surface area contributed by atoms with Crippen molar-refractivity contribution >= 4 is 31.6 Å². The predicted octanol–water partition coefficient (Wildman–Crippen LogP) is 2.64. The summed E-state index contributed by atoms with van der Waals surface area (Å²) in [7, 11) is -2.65. The number of fused-ring (bicyclic) bond motifs is 1. The molecule has 36 heavy (non-hydrogen) atoms. The number of piperidine rings is 1. The number of hydrogen-bond acceptors (Lipinski definition) is 6. The molecule has 0 atom stereocenters. The molecule has 0 spiro atoms. The highest BCUT2D eigenvalue weighted by Gasteiger charge is 2.29. The van der Waals surface area contributed by atoms with Gasteiger partial charge < -0.3 is 9.64 Å². The van der Waals surface area contributed by atoms with E-state index in [1.165, 1.54) is 35.9 Å². The number of sulfonamides is 2. The minimum atomic E-state index is -3.60. The van der Waals surface area contributed by atoms with Gasteiger partial charge in [-0.15, -0.1) is 0 Å². The van der Waals surface area contributed by atoms with Gasteiger partial charge in [-0.3, -0.25) is 4.79 Å². The largest absolute Gasteiger partial charge is 0.496 e. The highest BCUT2D eigenvalue weighted by atomic mass is 32.2. The van der Waals surface area contributed by atoms with Crippen LogP contribution >= 0.6 is 0 Å². The average Bonchev–Trinajstić information content (AvgIpc) is 3.31. The molecule has 0 N–H and O–H groups in total. The zero-order valence-electron chi connectivity index (χ0n) is 20.9. The fourth-order valence-electron chi connectivity index (χ4n) is 4.75. The van der Waals surface area contributed by atoms with Crippen LogP contribution in [-0.2, 0) is 37.7 Å². The van der Waals surface area contributed by atoms with E-state index in [-0.39, 0.29) is 22.1 Å². The summed E-state index contributed by atoms with van der Waals surface area (Å²) in [4.78, 5) is 15.2. The molecular weight excluding hydrogens is 502 g/mol. The second-order valence-electron chi connectivity index (χ2n) is 9.31. The van der Waals surface area contributed by atoms with E-state index < -0.39 is 20.0 Å². The lowest BCUT2D eigenvalue weighted by atomic mass is 10.1. The summed E-state index contributed by atoms with van der Waals surface area (Å²) in [6.45, 7) is 1.52. The monoisotopic (exact) mass is 535 g/mol. The lowest BCUT2D eigenvalue weighted by Crippen LogP contribution is -2.35. The normalized spacial score (nSPS) is 16.8. The molecule has 4 rings (SSSR count). The van der Waals surface area contributed by atoms with E-state index in [0.29, 0.717) is 49.5 Å². The first-order chi connectivity index (χ1) is 17.1. The standard InChI is InChI=1S/C25H33N3O6S2/c1-26(2)35(30,31)21-8-10-23-19(17-21)13-16-28(23)25(29)12-7-20-18-22(9-11-24(20)34-3)36(32,33)27-14-5-4-6-15-27/h8-11,17-18H,4-7,12-16H2,1-3H3. The highest BCUT2D eigenvalue weighted by Crippen LogP contribution is 2.32. The molecule has 0 bridgehead atoms. The molecule has 196 valence electrons. The van der Waals surface area contributed by atoms with Crippen molar-refractivity contribution in [2.24, 2.45) is 0 Å². The van der Waals surface area contributed by atoms with Crippen molar-refractivity contribution in [2.75, 3.05) is 45.7 Å². The van der Waals surface area contributed by atoms with Crippen LogP contribution in [0.4, 0.5) is 5.69 Å². The molecule has 2 aliphatic heterocycles. The number of ether oxygens (including phenoxy) is 1. The van der Waals surface area contributed by atoms with Gasteiger partial charge in [0.2, 0.25) is 26.0 Å². The Balaban J connectivity index is 1.50. The van der Waals surface area contributed by atoms with Crippen molar-refractivity contribution in [1.29, 1.82) is 0 Å². The van der Waals surface area contributed by atoms with Crippen molar-refractivity contribution < 1.29 is 26.4 Å². The summed E-state index contributed by atoms with van der Waals surface area (Å²) in [6.07, 6.45) is 3.82. The molecule has 2 aromatic carbocycles. The Morgan fingerprint density at radius 1 is 0.944 bits per heavy atom. The van der Waals surface area contributed by atoms with Gasteiger partial charge in [0.25, 0.3) is 0 Å². The fourth-order valence-corrected chi connectivity index (χ4v) is 7.27. The average molecular weight is 536 g/mol. The van der Waals surface area contributed by atoms with E-state index >= 15 is 0 Å². The minimum Gasteiger partial charge on any atom is -0.496 e. The molecule has 1 fully saturated rings. The Labute approximate surface area is 213 Å². The van der Waals surface area contributed by atoms with Gasteiger partial charge in [-0.2, -0.15) is 4.31 Å². The maximum Gasteiger partial charge on any atom is 0.243 e. The number of anilines is 1. The third kappa shape index (κ3) is 5.15. The van der Waals surface area contributed by atoms with Crippen LogP contribution in [0.3, 0.4) is 0 Å². The summed E-state index contributed by atoms with van der Waals surface area (Å²) in [5.74, 6) is 0.434. The van der Waals surface area contributed by atoms with Crippen LogP contribution in [0.25, 0.3) is 0 Å². The van der Waals surface area contributed by atoms with E-state index in [4.69, 9.17) is 4.74 Å². The van der Waals surface area contributed by atoms with Gasteiger partial charge in [0.05, 0.1) is 16.9 Å². The maximum atomic E-state index is 13.1. The third-order valence-corrected chi connectivity index (χ3v) is 10.5. The predicted molar refractivity (Wildman–Crippen MR) is 137 cm³/mol. The van der Waals surface area contributed by atoms with Crippen LogP contribution in [0, 0.1) is 0 Å². The minimum absolute atomic E-state index is 0.108. The van der Waals surface area contributed by atoms with Crippen LogP contribution in [0.5, 0.6) is 5.75 Å². The molecular formula is C25H33N3O6S2. The van der Waals surface area contributed by atoms with Crippen molar-refractivity contribution in [3.05, 3.63) is 47.5 Å². The fraction of sp³-hybridized carbons (Fsp3) is 0.480. The van der Waals surface area contributed by atoms with Crippen molar-refractivity contribution in [1.82, 2.24) is 8.61 Å². The summed E-state index contributed by atoms with van der Waals surface area (Å²) in [5.41, 5.74) is 2.19. The molecule has 1 saturated heterocycles. The van der Waals surface area contributed by atoms with Gasteiger partial charge in [0.15, 0.2) is 0 Å². The molecule has 0 unspecified atom stereocenters. The number of methoxy groups -OCH3 is 1. The number of carbonyl (C=O) groups is 1. The number of nitrogens with zero attached hydrogens (tertiary/aromatic N) is 3. The first kappa shape index (κ1) is 26.6. The molecule has 9 nitrogen and oxygen atoms in total. The number of hydrogen-bond donors (Lipinski definition) is 0. The van der Waals surface area contributed by atoms with E-state index in [9.17, 15) is 21.6 Å². The zero-order valence-corrected chi connectivity index (χ0v) is 22.6. The number of rotatable bonds is 8. The number of benzene rings is 2. The smallest absolute Gasteiger partial charge is 0.243 e. The quantitative estimate of drug-likeness (QED) is 0.515. The molecule has 2 aromatic rings. The number of carbonyl (C=O) groups excluding carboxylic acids is 1. The Hall–Kier alpha value is -2.47. The van der Waals surface area contributed by atoms with Crippen molar-refractivity contribution in [2.45, 2.75) is 48.3 Å². The Kier molecular flexibility index (Phi) is 7.75. The lowest BCUT2D eigenvalue weighted by molar-refractivity contribution is -0.118. The van der Waals surface area contributed by atoms with Gasteiger partial charge in [-0.05, 0) is 73.2 Å². The first-order valence-electron chi connectivity index (χ1n) is 12.1. The van der Waals surface area contributed by atoms with Gasteiger partial charge in [0, 0.05) is 45.8 Å². The van der Waals surface area contributed by atoms with Crippen molar-refractivity contribution in [3.8, 4) is 5.75 Å². The van der Waals surface area contributed by atoms with Gasteiger partial charge >= 0.3 is 0 Å². The van der Waals surface area contributed by atoms with Gasteiger partial charge in [-0.1, -0.05) is 6.42 Å². The second kappa shape index (κ2) is 10.5. The topological polar surface area (TPSA) is 104 Å². The van der Waals surface area contributed by atoms with E-state index in [0.717, 1.165) is 24.8 Å². The molecule has 0 aromatic heterocycles. The summed E-state index contributed by atoms with van der Waals surface area (Å²) in [5, 5.41) is 0. The number of aryl methyl sites for hydroxylation is 1. The van der Waals surface area contributed by atoms with E-state index in [1.54, 1.807) is 35.2 Å². The van der Waals surface area contributed by atoms with Gasteiger partial charge in [-0.25, -0.2) is 21.1 Å². The molecule has 1 amide bonds. The Morgan fingerprint density at radius 3 is 2.31 bits per heavy atom. The molecule has 0 saturated carbocycles. The zero-order chi connectivity index (χ0) is 26.1. The summed E-state index contributed by atoms with van der Waals surface area (Å²) < 4.78 is 59.3. The summed E-state index contributed by atoms with van der Waals surface area (Å²) >= 11 is 0. The molecule has 2 heterocycles. The van der Waals surface area contributed by atoms with Crippen LogP contribution in [0.1, 0.15) is 36.8 Å². The van der Waals surface area contributed by atoms with Crippen LogP contribution < -0.4 is 9.64 Å². The Morgan fingerprint density at radius 2 is 1.64 bits per heavy atom.